The van der Waals surface area contributed by atoms with Gasteiger partial charge in [-0.3, -0.25) is 4.79 Å². The highest BCUT2D eigenvalue weighted by atomic mass is 16.5. The van der Waals surface area contributed by atoms with Gasteiger partial charge in [-0.2, -0.15) is 0 Å². The van der Waals surface area contributed by atoms with Crippen molar-refractivity contribution in [1.82, 2.24) is 4.90 Å². The van der Waals surface area contributed by atoms with E-state index in [0.29, 0.717) is 13.2 Å². The number of aryl methyl sites for hydroxylation is 2. The molecule has 120 valence electrons. The molecule has 3 heteroatoms. The molecule has 0 spiro atoms. The van der Waals surface area contributed by atoms with Crippen LogP contribution in [0.5, 0.6) is 5.75 Å². The molecule has 1 amide bonds. The van der Waals surface area contributed by atoms with Crippen molar-refractivity contribution in [3.05, 3.63) is 71.3 Å². The third kappa shape index (κ3) is 5.62. The minimum absolute atomic E-state index is 0.0297. The Bertz CT molecular complexity index is 657. The van der Waals surface area contributed by atoms with Crippen molar-refractivity contribution in [2.24, 2.45) is 0 Å². The zero-order valence-corrected chi connectivity index (χ0v) is 14.0. The highest BCUT2D eigenvalue weighted by molar-refractivity contribution is 5.91. The number of carbonyl (C=O) groups excluding carboxylic acids is 1. The van der Waals surface area contributed by atoms with Crippen LogP contribution in [0.15, 0.2) is 54.6 Å². The summed E-state index contributed by atoms with van der Waals surface area (Å²) in [5.74, 6) is 0.820. The second kappa shape index (κ2) is 8.18. The Labute approximate surface area is 138 Å². The van der Waals surface area contributed by atoms with E-state index in [2.05, 4.69) is 6.07 Å². The van der Waals surface area contributed by atoms with Crippen LogP contribution in [-0.2, 0) is 4.79 Å². The fourth-order valence-electron chi connectivity index (χ4n) is 2.29. The zero-order chi connectivity index (χ0) is 16.7. The minimum Gasteiger partial charge on any atom is -0.492 e. The van der Waals surface area contributed by atoms with Gasteiger partial charge in [-0.1, -0.05) is 36.4 Å². The standard InChI is InChI=1S/C20H23NO2/c1-16-13-17(2)15-19(14-16)23-12-11-21(3)20(22)10-9-18-7-5-4-6-8-18/h4-10,13-15H,11-12H2,1-3H3/b10-9+. The lowest BCUT2D eigenvalue weighted by Crippen LogP contribution is -2.29. The van der Waals surface area contributed by atoms with Crippen LogP contribution in [-0.4, -0.2) is 31.0 Å². The summed E-state index contributed by atoms with van der Waals surface area (Å²) in [5.41, 5.74) is 3.37. The smallest absolute Gasteiger partial charge is 0.246 e. The van der Waals surface area contributed by atoms with Gasteiger partial charge in [-0.15, -0.1) is 0 Å². The number of amides is 1. The molecule has 0 aliphatic heterocycles. The van der Waals surface area contributed by atoms with Crippen molar-refractivity contribution >= 4 is 12.0 Å². The normalized spacial score (nSPS) is 10.7. The maximum Gasteiger partial charge on any atom is 0.246 e. The summed E-state index contributed by atoms with van der Waals surface area (Å²) in [7, 11) is 1.78. The molecule has 2 aromatic carbocycles. The molecule has 2 aromatic rings. The van der Waals surface area contributed by atoms with Gasteiger partial charge in [-0.25, -0.2) is 0 Å². The lowest BCUT2D eigenvalue weighted by Gasteiger charge is -2.16. The molecular weight excluding hydrogens is 286 g/mol. The predicted octanol–water partition coefficient (Wildman–Crippen LogP) is 3.85. The molecule has 2 rings (SSSR count). The second-order valence-electron chi connectivity index (χ2n) is 5.68. The summed E-state index contributed by atoms with van der Waals surface area (Å²) in [4.78, 5) is 13.7. The van der Waals surface area contributed by atoms with Crippen LogP contribution in [0.25, 0.3) is 6.08 Å². The highest BCUT2D eigenvalue weighted by Gasteiger charge is 2.05. The van der Waals surface area contributed by atoms with Crippen LogP contribution in [0.3, 0.4) is 0 Å². The summed E-state index contributed by atoms with van der Waals surface area (Å²) in [5, 5.41) is 0. The van der Waals surface area contributed by atoms with Crippen LogP contribution >= 0.6 is 0 Å². The van der Waals surface area contributed by atoms with Crippen LogP contribution in [0.4, 0.5) is 0 Å². The molecule has 0 atom stereocenters. The van der Waals surface area contributed by atoms with Gasteiger partial charge < -0.3 is 9.64 Å². The van der Waals surface area contributed by atoms with Gasteiger partial charge in [-0.05, 0) is 48.7 Å². The molecule has 0 saturated heterocycles. The van der Waals surface area contributed by atoms with Crippen molar-refractivity contribution in [1.29, 1.82) is 0 Å². The largest absolute Gasteiger partial charge is 0.492 e. The van der Waals surface area contributed by atoms with Crippen molar-refractivity contribution in [3.8, 4) is 5.75 Å². The molecule has 3 nitrogen and oxygen atoms in total. The molecule has 0 unspecified atom stereocenters. The van der Waals surface area contributed by atoms with Crippen LogP contribution < -0.4 is 4.74 Å². The number of hydrogen-bond donors (Lipinski definition) is 0. The van der Waals surface area contributed by atoms with Gasteiger partial charge in [0.1, 0.15) is 12.4 Å². The van der Waals surface area contributed by atoms with E-state index in [-0.39, 0.29) is 5.91 Å². The molecule has 0 radical (unpaired) electrons. The number of likely N-dealkylation sites (N-methyl/N-ethyl adjacent to an activating group) is 1. The first-order valence-electron chi connectivity index (χ1n) is 7.74. The number of ether oxygens (including phenoxy) is 1. The predicted molar refractivity (Wildman–Crippen MR) is 94.5 cm³/mol. The Morgan fingerprint density at radius 2 is 1.74 bits per heavy atom. The van der Waals surface area contributed by atoms with Crippen LogP contribution in [0.1, 0.15) is 16.7 Å². The van der Waals surface area contributed by atoms with Gasteiger partial charge in [0.25, 0.3) is 0 Å². The van der Waals surface area contributed by atoms with Crippen molar-refractivity contribution in [2.45, 2.75) is 13.8 Å². The third-order valence-corrected chi connectivity index (χ3v) is 3.48. The average molecular weight is 309 g/mol. The van der Waals surface area contributed by atoms with Gasteiger partial charge in [0.05, 0.1) is 6.54 Å². The van der Waals surface area contributed by atoms with Crippen molar-refractivity contribution in [3.63, 3.8) is 0 Å². The quantitative estimate of drug-likeness (QED) is 0.758. The molecular formula is C20H23NO2. The van der Waals surface area contributed by atoms with Gasteiger partial charge in [0.2, 0.25) is 5.91 Å². The monoisotopic (exact) mass is 309 g/mol. The SMILES string of the molecule is Cc1cc(C)cc(OCCN(C)C(=O)/C=C/c2ccccc2)c1. The van der Waals surface area contributed by atoms with Crippen LogP contribution in [0, 0.1) is 13.8 Å². The average Bonchev–Trinajstić information content (AvgIpc) is 2.52. The van der Waals surface area contributed by atoms with E-state index in [1.54, 1.807) is 18.0 Å². The second-order valence-corrected chi connectivity index (χ2v) is 5.68. The number of nitrogens with zero attached hydrogens (tertiary/aromatic N) is 1. The van der Waals surface area contributed by atoms with E-state index in [4.69, 9.17) is 4.74 Å². The van der Waals surface area contributed by atoms with E-state index < -0.39 is 0 Å². The van der Waals surface area contributed by atoms with Gasteiger partial charge in [0.15, 0.2) is 0 Å². The first-order chi connectivity index (χ1) is 11.0. The lowest BCUT2D eigenvalue weighted by molar-refractivity contribution is -0.125. The molecule has 0 aliphatic rings. The van der Waals surface area contributed by atoms with E-state index in [1.807, 2.05) is 62.4 Å². The summed E-state index contributed by atoms with van der Waals surface area (Å²) < 4.78 is 5.73. The van der Waals surface area contributed by atoms with Gasteiger partial charge >= 0.3 is 0 Å². The summed E-state index contributed by atoms with van der Waals surface area (Å²) in [6.45, 7) is 5.11. The first-order valence-corrected chi connectivity index (χ1v) is 7.74. The fraction of sp³-hybridized carbons (Fsp3) is 0.250. The Morgan fingerprint density at radius 1 is 1.09 bits per heavy atom. The maximum atomic E-state index is 12.1. The van der Waals surface area contributed by atoms with Crippen LogP contribution in [0.2, 0.25) is 0 Å². The highest BCUT2D eigenvalue weighted by Crippen LogP contribution is 2.16. The number of carbonyl (C=O) groups is 1. The van der Waals surface area contributed by atoms with E-state index >= 15 is 0 Å². The molecule has 0 N–H and O–H groups in total. The zero-order valence-electron chi connectivity index (χ0n) is 14.0. The number of hydrogen-bond acceptors (Lipinski definition) is 2. The molecule has 0 saturated carbocycles. The van der Waals surface area contributed by atoms with E-state index in [0.717, 1.165) is 11.3 Å². The molecule has 0 heterocycles. The van der Waals surface area contributed by atoms with Crippen molar-refractivity contribution in [2.75, 3.05) is 20.2 Å². The Hall–Kier alpha value is -2.55. The first kappa shape index (κ1) is 16.8. The molecule has 0 fully saturated rings. The van der Waals surface area contributed by atoms with Crippen molar-refractivity contribution < 1.29 is 9.53 Å². The van der Waals surface area contributed by atoms with E-state index in [1.165, 1.54) is 11.1 Å². The summed E-state index contributed by atoms with van der Waals surface area (Å²) in [6, 6.07) is 15.9. The van der Waals surface area contributed by atoms with E-state index in [9.17, 15) is 4.79 Å². The lowest BCUT2D eigenvalue weighted by atomic mass is 10.1. The summed E-state index contributed by atoms with van der Waals surface area (Å²) in [6.07, 6.45) is 3.41. The minimum atomic E-state index is -0.0297. The molecule has 0 bridgehead atoms. The Balaban J connectivity index is 1.81. The molecule has 0 aromatic heterocycles. The Kier molecular flexibility index (Phi) is 5.98. The van der Waals surface area contributed by atoms with Gasteiger partial charge in [0, 0.05) is 13.1 Å². The Morgan fingerprint density at radius 3 is 2.39 bits per heavy atom. The summed E-state index contributed by atoms with van der Waals surface area (Å²) >= 11 is 0. The number of rotatable bonds is 6. The third-order valence-electron chi connectivity index (χ3n) is 3.48. The topological polar surface area (TPSA) is 29.5 Å². The number of benzene rings is 2. The molecule has 23 heavy (non-hydrogen) atoms. The molecule has 0 aliphatic carbocycles. The fourth-order valence-corrected chi connectivity index (χ4v) is 2.29. The maximum absolute atomic E-state index is 12.1.